The lowest BCUT2D eigenvalue weighted by Gasteiger charge is -2.34. The fourth-order valence-electron chi connectivity index (χ4n) is 4.45. The Morgan fingerprint density at radius 2 is 1.76 bits per heavy atom. The molecule has 0 bridgehead atoms. The fourth-order valence-corrected chi connectivity index (χ4v) is 4.45. The summed E-state index contributed by atoms with van der Waals surface area (Å²) in [6, 6.07) is 1.83. The number of phenolic OH excluding ortho intramolecular Hbond substituents is 1. The van der Waals surface area contributed by atoms with Gasteiger partial charge in [0.2, 0.25) is 11.9 Å². The summed E-state index contributed by atoms with van der Waals surface area (Å²) in [6.45, 7) is 6.05. The van der Waals surface area contributed by atoms with Gasteiger partial charge in [0, 0.05) is 11.5 Å². The zero-order valence-electron chi connectivity index (χ0n) is 23.4. The van der Waals surface area contributed by atoms with Gasteiger partial charge in [-0.05, 0) is 44.9 Å². The summed E-state index contributed by atoms with van der Waals surface area (Å²) in [5, 5.41) is 28.7. The molecular formula is C28H33F3N4O7. The van der Waals surface area contributed by atoms with Crippen LogP contribution in [0.25, 0.3) is 0 Å². The van der Waals surface area contributed by atoms with E-state index in [1.54, 1.807) is 13.8 Å². The van der Waals surface area contributed by atoms with E-state index in [0.29, 0.717) is 12.5 Å². The number of aromatic nitrogens is 1. The lowest BCUT2D eigenvalue weighted by molar-refractivity contribution is -0.167. The van der Waals surface area contributed by atoms with Crippen molar-refractivity contribution in [2.75, 3.05) is 0 Å². The Balaban J connectivity index is 2.05. The van der Waals surface area contributed by atoms with Crippen LogP contribution in [-0.4, -0.2) is 69.2 Å². The molecule has 1 aliphatic heterocycles. The number of carbonyl (C=O) groups excluding carboxylic acids is 4. The number of aliphatic hydroxyl groups is 1. The van der Waals surface area contributed by atoms with E-state index in [0.717, 1.165) is 0 Å². The normalized spacial score (nSPS) is 26.1. The van der Waals surface area contributed by atoms with Gasteiger partial charge in [-0.2, -0.15) is 13.8 Å². The minimum atomic E-state index is -1.78. The van der Waals surface area contributed by atoms with Crippen molar-refractivity contribution in [1.29, 1.82) is 0 Å². The van der Waals surface area contributed by atoms with Crippen molar-refractivity contribution in [2.45, 2.75) is 70.9 Å². The Morgan fingerprint density at radius 1 is 1.10 bits per heavy atom. The lowest BCUT2D eigenvalue weighted by atomic mass is 9.91. The molecule has 14 heteroatoms. The maximum atomic E-state index is 14.5. The number of para-hydroxylation sites is 1. The van der Waals surface area contributed by atoms with Crippen molar-refractivity contribution in [3.63, 3.8) is 0 Å². The number of aromatic hydroxyl groups is 1. The van der Waals surface area contributed by atoms with Gasteiger partial charge >= 0.3 is 5.97 Å². The predicted octanol–water partition coefficient (Wildman–Crippen LogP) is 1.50. The van der Waals surface area contributed by atoms with Gasteiger partial charge in [0.05, 0.1) is 29.7 Å². The summed E-state index contributed by atoms with van der Waals surface area (Å²) in [5.74, 6) is -10.4. The molecule has 1 saturated heterocycles. The summed E-state index contributed by atoms with van der Waals surface area (Å²) < 4.78 is 47.3. The van der Waals surface area contributed by atoms with E-state index in [4.69, 9.17) is 4.74 Å². The molecule has 2 heterocycles. The molecule has 5 N–H and O–H groups in total. The van der Waals surface area contributed by atoms with Crippen LogP contribution in [0.15, 0.2) is 30.3 Å². The number of nitrogens with zero attached hydrogens (tertiary/aromatic N) is 1. The molecule has 42 heavy (non-hydrogen) atoms. The number of aliphatic hydroxyl groups excluding tert-OH is 1. The van der Waals surface area contributed by atoms with Gasteiger partial charge in [0.1, 0.15) is 11.8 Å². The summed E-state index contributed by atoms with van der Waals surface area (Å²) in [5.41, 5.74) is -0.693. The van der Waals surface area contributed by atoms with Gasteiger partial charge < -0.3 is 30.9 Å². The molecule has 3 rings (SSSR count). The second-order valence-corrected chi connectivity index (χ2v) is 10.3. The highest BCUT2D eigenvalue weighted by Crippen LogP contribution is 2.22. The smallest absolute Gasteiger partial charge is 0.312 e. The molecular weight excluding hydrogens is 561 g/mol. The van der Waals surface area contributed by atoms with E-state index in [1.165, 1.54) is 38.1 Å². The highest BCUT2D eigenvalue weighted by Gasteiger charge is 2.40. The molecule has 1 aromatic heterocycles. The Hall–Kier alpha value is -4.20. The van der Waals surface area contributed by atoms with Crippen molar-refractivity contribution in [3.05, 3.63) is 59.2 Å². The SMILES string of the molecule is CCC(C)C1OC(=O)[C@H](C)[C@H](O)[C@H](Cc2cc(F)c(F)nc2F)NC(=O)[C@@H](NC(=O)c2ccccc2O)[C@@H](C)NC1=O. The minimum absolute atomic E-state index is 0.179. The molecule has 2 aromatic rings. The first kappa shape index (κ1) is 32.3. The van der Waals surface area contributed by atoms with Crippen LogP contribution < -0.4 is 16.0 Å². The Kier molecular flexibility index (Phi) is 10.5. The molecule has 1 aliphatic rings. The molecule has 7 atom stereocenters. The molecule has 2 unspecified atom stereocenters. The van der Waals surface area contributed by atoms with Crippen molar-refractivity contribution in [2.24, 2.45) is 11.8 Å². The minimum Gasteiger partial charge on any atom is -0.507 e. The lowest BCUT2D eigenvalue weighted by Crippen LogP contribution is -2.62. The highest BCUT2D eigenvalue weighted by atomic mass is 19.2. The number of nitrogens with one attached hydrogen (secondary N) is 3. The first-order chi connectivity index (χ1) is 19.7. The van der Waals surface area contributed by atoms with Gasteiger partial charge in [-0.15, -0.1) is 0 Å². The van der Waals surface area contributed by atoms with E-state index < -0.39 is 95.6 Å². The number of carbonyl (C=O) groups is 4. The third-order valence-electron chi connectivity index (χ3n) is 7.27. The maximum Gasteiger partial charge on any atom is 0.312 e. The largest absolute Gasteiger partial charge is 0.507 e. The molecule has 0 spiro atoms. The van der Waals surface area contributed by atoms with E-state index in [2.05, 4.69) is 20.9 Å². The van der Waals surface area contributed by atoms with Gasteiger partial charge in [-0.3, -0.25) is 19.2 Å². The quantitative estimate of drug-likeness (QED) is 0.248. The molecule has 1 fully saturated rings. The van der Waals surface area contributed by atoms with Gasteiger partial charge in [0.15, 0.2) is 11.9 Å². The van der Waals surface area contributed by atoms with E-state index in [-0.39, 0.29) is 11.3 Å². The number of esters is 1. The number of cyclic esters (lactones) is 1. The number of rotatable bonds is 6. The predicted molar refractivity (Wildman–Crippen MR) is 141 cm³/mol. The number of ether oxygens (including phenoxy) is 1. The molecule has 0 aliphatic carbocycles. The van der Waals surface area contributed by atoms with E-state index >= 15 is 0 Å². The second kappa shape index (κ2) is 13.6. The second-order valence-electron chi connectivity index (χ2n) is 10.3. The number of hydrogen-bond donors (Lipinski definition) is 5. The summed E-state index contributed by atoms with van der Waals surface area (Å²) >= 11 is 0. The third kappa shape index (κ3) is 7.35. The Morgan fingerprint density at radius 3 is 2.40 bits per heavy atom. The van der Waals surface area contributed by atoms with Crippen LogP contribution >= 0.6 is 0 Å². The summed E-state index contributed by atoms with van der Waals surface area (Å²) in [7, 11) is 0. The van der Waals surface area contributed by atoms with Gasteiger partial charge in [0.25, 0.3) is 17.8 Å². The number of hydrogen-bond acceptors (Lipinski definition) is 8. The third-order valence-corrected chi connectivity index (χ3v) is 7.27. The van der Waals surface area contributed by atoms with Crippen molar-refractivity contribution in [1.82, 2.24) is 20.9 Å². The Labute approximate surface area is 239 Å². The monoisotopic (exact) mass is 594 g/mol. The number of benzene rings is 1. The topological polar surface area (TPSA) is 167 Å². The van der Waals surface area contributed by atoms with E-state index in [1.807, 2.05) is 0 Å². The number of phenols is 1. The van der Waals surface area contributed by atoms with Crippen molar-refractivity contribution < 1.29 is 47.3 Å². The zero-order chi connectivity index (χ0) is 31.3. The standard InChI is InChI=1S/C28H33F3N4O7/c1-5-12(2)22-27(40)32-14(4)20(34-25(38)16-8-6-7-9-19(16)36)26(39)33-18(21(37)13(3)28(41)42-22)11-15-10-17(29)24(31)35-23(15)30/h6-10,12-14,18,20-22,36-37H,5,11H2,1-4H3,(H,32,40)(H,33,39)(H,34,38)/t12?,13-,14-,18+,20+,21+,22?/m1/s1. The average Bonchev–Trinajstić information content (AvgIpc) is 2.94. The summed E-state index contributed by atoms with van der Waals surface area (Å²) in [6.07, 6.45) is -3.34. The van der Waals surface area contributed by atoms with Crippen LogP contribution in [0, 0.1) is 29.5 Å². The van der Waals surface area contributed by atoms with Crippen LogP contribution in [0.5, 0.6) is 5.75 Å². The number of halogens is 3. The van der Waals surface area contributed by atoms with E-state index in [9.17, 15) is 42.6 Å². The van der Waals surface area contributed by atoms with Crippen LogP contribution in [0.1, 0.15) is 50.0 Å². The van der Waals surface area contributed by atoms with Crippen LogP contribution in [0.2, 0.25) is 0 Å². The van der Waals surface area contributed by atoms with Crippen molar-refractivity contribution in [3.8, 4) is 5.75 Å². The molecule has 0 radical (unpaired) electrons. The van der Waals surface area contributed by atoms with Crippen LogP contribution in [0.4, 0.5) is 13.2 Å². The summed E-state index contributed by atoms with van der Waals surface area (Å²) in [4.78, 5) is 55.7. The molecule has 228 valence electrons. The van der Waals surface area contributed by atoms with Crippen LogP contribution in [-0.2, 0) is 25.5 Å². The van der Waals surface area contributed by atoms with Gasteiger partial charge in [-0.1, -0.05) is 26.0 Å². The molecule has 0 saturated carbocycles. The van der Waals surface area contributed by atoms with Crippen LogP contribution in [0.3, 0.4) is 0 Å². The Bertz CT molecular complexity index is 1340. The number of amides is 3. The molecule has 11 nitrogen and oxygen atoms in total. The van der Waals surface area contributed by atoms with Gasteiger partial charge in [-0.25, -0.2) is 4.39 Å². The van der Waals surface area contributed by atoms with Crippen molar-refractivity contribution >= 4 is 23.7 Å². The number of pyridine rings is 1. The molecule has 1 aromatic carbocycles. The average molecular weight is 595 g/mol. The first-order valence-corrected chi connectivity index (χ1v) is 13.3. The first-order valence-electron chi connectivity index (χ1n) is 13.3. The maximum absolute atomic E-state index is 14.5. The zero-order valence-corrected chi connectivity index (χ0v) is 23.4. The highest BCUT2D eigenvalue weighted by molar-refractivity contribution is 6.00. The fraction of sp³-hybridized carbons (Fsp3) is 0.464. The molecule has 3 amide bonds.